The predicted molar refractivity (Wildman–Crippen MR) is 89.9 cm³/mol. The minimum atomic E-state index is 0.0506. The lowest BCUT2D eigenvalue weighted by molar-refractivity contribution is -0.116. The summed E-state index contributed by atoms with van der Waals surface area (Å²) in [4.78, 5) is 14.3. The van der Waals surface area contributed by atoms with Crippen molar-refractivity contribution in [3.8, 4) is 0 Å². The molecule has 1 fully saturated rings. The average molecular weight is 304 g/mol. The van der Waals surface area contributed by atoms with Crippen LogP contribution in [-0.2, 0) is 16.1 Å². The normalized spacial score (nSPS) is 19.1. The van der Waals surface area contributed by atoms with Crippen LogP contribution in [0, 0.1) is 5.92 Å². The summed E-state index contributed by atoms with van der Waals surface area (Å²) in [6.45, 7) is 6.35. The molecule has 22 heavy (non-hydrogen) atoms. The summed E-state index contributed by atoms with van der Waals surface area (Å²) in [5, 5.41) is 2.93. The first-order valence-corrected chi connectivity index (χ1v) is 8.27. The molecule has 1 aromatic rings. The zero-order valence-electron chi connectivity index (χ0n) is 13.8. The lowest BCUT2D eigenvalue weighted by Gasteiger charge is -2.30. The topological polar surface area (TPSA) is 41.6 Å². The second-order valence-electron chi connectivity index (χ2n) is 6.32. The predicted octanol–water partition coefficient (Wildman–Crippen LogP) is 3.28. The van der Waals surface area contributed by atoms with E-state index in [0.29, 0.717) is 13.0 Å². The first kappa shape index (κ1) is 17.0. The Morgan fingerprint density at radius 1 is 1.36 bits per heavy atom. The van der Waals surface area contributed by atoms with Gasteiger partial charge in [0.15, 0.2) is 0 Å². The van der Waals surface area contributed by atoms with E-state index >= 15 is 0 Å². The van der Waals surface area contributed by atoms with Crippen molar-refractivity contribution in [3.05, 3.63) is 29.8 Å². The SMILES string of the molecule is COCCCC(=O)Nc1ccc(CN2CCCC(C)C2)cc1. The van der Waals surface area contributed by atoms with Crippen LogP contribution >= 0.6 is 0 Å². The maximum Gasteiger partial charge on any atom is 0.224 e. The van der Waals surface area contributed by atoms with Crippen LogP contribution in [0.4, 0.5) is 5.69 Å². The van der Waals surface area contributed by atoms with Gasteiger partial charge in [-0.15, -0.1) is 0 Å². The smallest absolute Gasteiger partial charge is 0.224 e. The Bertz CT molecular complexity index is 459. The van der Waals surface area contributed by atoms with Crippen LogP contribution in [0.2, 0.25) is 0 Å². The number of hydrogen-bond acceptors (Lipinski definition) is 3. The van der Waals surface area contributed by atoms with Gasteiger partial charge < -0.3 is 10.1 Å². The molecule has 1 amide bonds. The van der Waals surface area contributed by atoms with Crippen LogP contribution in [0.3, 0.4) is 0 Å². The quantitative estimate of drug-likeness (QED) is 0.786. The Hall–Kier alpha value is -1.39. The second-order valence-corrected chi connectivity index (χ2v) is 6.32. The summed E-state index contributed by atoms with van der Waals surface area (Å²) in [7, 11) is 1.65. The van der Waals surface area contributed by atoms with Crippen LogP contribution in [0.25, 0.3) is 0 Å². The number of nitrogens with one attached hydrogen (secondary N) is 1. The Balaban J connectivity index is 1.78. The molecule has 1 N–H and O–H groups in total. The average Bonchev–Trinajstić information content (AvgIpc) is 2.50. The van der Waals surface area contributed by atoms with Gasteiger partial charge >= 0.3 is 0 Å². The van der Waals surface area contributed by atoms with Crippen LogP contribution in [0.15, 0.2) is 24.3 Å². The monoisotopic (exact) mass is 304 g/mol. The molecule has 0 saturated carbocycles. The van der Waals surface area contributed by atoms with Gasteiger partial charge in [0, 0.05) is 38.9 Å². The van der Waals surface area contributed by atoms with E-state index in [9.17, 15) is 4.79 Å². The van der Waals surface area contributed by atoms with Crippen LogP contribution in [-0.4, -0.2) is 37.6 Å². The third-order valence-corrected chi connectivity index (χ3v) is 4.14. The number of ether oxygens (including phenoxy) is 1. The number of hydrogen-bond donors (Lipinski definition) is 1. The van der Waals surface area contributed by atoms with E-state index < -0.39 is 0 Å². The molecule has 4 heteroatoms. The summed E-state index contributed by atoms with van der Waals surface area (Å²) < 4.78 is 4.95. The minimum absolute atomic E-state index is 0.0506. The number of nitrogens with zero attached hydrogens (tertiary/aromatic N) is 1. The molecule has 1 unspecified atom stereocenters. The highest BCUT2D eigenvalue weighted by atomic mass is 16.5. The first-order chi connectivity index (χ1) is 10.7. The molecule has 1 heterocycles. The molecule has 0 spiro atoms. The molecular formula is C18H28N2O2. The van der Waals surface area contributed by atoms with Gasteiger partial charge in [0.1, 0.15) is 0 Å². The van der Waals surface area contributed by atoms with Crippen LogP contribution in [0.5, 0.6) is 0 Å². The van der Waals surface area contributed by atoms with E-state index in [4.69, 9.17) is 4.74 Å². The van der Waals surface area contributed by atoms with Crippen molar-refractivity contribution in [1.82, 2.24) is 4.90 Å². The molecule has 1 saturated heterocycles. The van der Waals surface area contributed by atoms with Gasteiger partial charge in [0.05, 0.1) is 0 Å². The number of methoxy groups -OCH3 is 1. The largest absolute Gasteiger partial charge is 0.385 e. The Morgan fingerprint density at radius 3 is 2.82 bits per heavy atom. The molecule has 0 radical (unpaired) electrons. The van der Waals surface area contributed by atoms with E-state index in [0.717, 1.165) is 24.6 Å². The standard InChI is InChI=1S/C18H28N2O2/c1-15-5-3-11-20(13-15)14-16-7-9-17(10-8-16)19-18(21)6-4-12-22-2/h7-10,15H,3-6,11-14H2,1-2H3,(H,19,21). The zero-order chi connectivity index (χ0) is 15.8. The maximum atomic E-state index is 11.8. The summed E-state index contributed by atoms with van der Waals surface area (Å²) in [5.41, 5.74) is 2.18. The number of anilines is 1. The fourth-order valence-corrected chi connectivity index (χ4v) is 2.98. The summed E-state index contributed by atoms with van der Waals surface area (Å²) in [6, 6.07) is 8.22. The third kappa shape index (κ3) is 5.78. The lowest BCUT2D eigenvalue weighted by atomic mass is 10.00. The van der Waals surface area contributed by atoms with E-state index in [1.54, 1.807) is 7.11 Å². The third-order valence-electron chi connectivity index (χ3n) is 4.14. The highest BCUT2D eigenvalue weighted by molar-refractivity contribution is 5.90. The van der Waals surface area contributed by atoms with Crippen molar-refractivity contribution in [2.75, 3.05) is 32.1 Å². The van der Waals surface area contributed by atoms with Crippen LogP contribution in [0.1, 0.15) is 38.2 Å². The van der Waals surface area contributed by atoms with Crippen molar-refractivity contribution < 1.29 is 9.53 Å². The molecule has 4 nitrogen and oxygen atoms in total. The molecule has 1 aromatic carbocycles. The van der Waals surface area contributed by atoms with Gasteiger partial charge in [-0.05, 0) is 49.4 Å². The van der Waals surface area contributed by atoms with Gasteiger partial charge in [0.25, 0.3) is 0 Å². The van der Waals surface area contributed by atoms with E-state index in [1.165, 1.54) is 31.5 Å². The Morgan fingerprint density at radius 2 is 2.14 bits per heavy atom. The molecule has 1 atom stereocenters. The molecular weight excluding hydrogens is 276 g/mol. The van der Waals surface area contributed by atoms with Crippen molar-refractivity contribution in [2.45, 2.75) is 39.2 Å². The fourth-order valence-electron chi connectivity index (χ4n) is 2.98. The summed E-state index contributed by atoms with van der Waals surface area (Å²) in [5.74, 6) is 0.856. The van der Waals surface area contributed by atoms with Crippen molar-refractivity contribution in [1.29, 1.82) is 0 Å². The van der Waals surface area contributed by atoms with Crippen molar-refractivity contribution in [2.24, 2.45) is 5.92 Å². The van der Waals surface area contributed by atoms with Crippen molar-refractivity contribution >= 4 is 11.6 Å². The number of piperidine rings is 1. The molecule has 2 rings (SSSR count). The molecule has 1 aliphatic rings. The number of rotatable bonds is 7. The molecule has 0 aromatic heterocycles. The first-order valence-electron chi connectivity index (χ1n) is 8.27. The number of amides is 1. The Labute approximate surface area is 133 Å². The maximum absolute atomic E-state index is 11.8. The van der Waals surface area contributed by atoms with Gasteiger partial charge in [-0.25, -0.2) is 0 Å². The molecule has 0 bridgehead atoms. The highest BCUT2D eigenvalue weighted by Crippen LogP contribution is 2.18. The Kier molecular flexibility index (Phi) is 6.87. The summed E-state index contributed by atoms with van der Waals surface area (Å²) >= 11 is 0. The fraction of sp³-hybridized carbons (Fsp3) is 0.611. The highest BCUT2D eigenvalue weighted by Gasteiger charge is 2.16. The second kappa shape index (κ2) is 8.91. The number of carbonyl (C=O) groups excluding carboxylic acids is 1. The van der Waals surface area contributed by atoms with Gasteiger partial charge in [-0.1, -0.05) is 19.1 Å². The van der Waals surface area contributed by atoms with E-state index in [-0.39, 0.29) is 5.91 Å². The van der Waals surface area contributed by atoms with E-state index in [1.807, 2.05) is 12.1 Å². The number of benzene rings is 1. The van der Waals surface area contributed by atoms with E-state index in [2.05, 4.69) is 29.3 Å². The number of carbonyl (C=O) groups is 1. The van der Waals surface area contributed by atoms with Gasteiger partial charge in [-0.3, -0.25) is 9.69 Å². The molecule has 122 valence electrons. The molecule has 1 aliphatic heterocycles. The molecule has 0 aliphatic carbocycles. The van der Waals surface area contributed by atoms with Crippen molar-refractivity contribution in [3.63, 3.8) is 0 Å². The minimum Gasteiger partial charge on any atom is -0.385 e. The number of likely N-dealkylation sites (tertiary alicyclic amines) is 1. The van der Waals surface area contributed by atoms with Crippen LogP contribution < -0.4 is 5.32 Å². The summed E-state index contributed by atoms with van der Waals surface area (Å²) in [6.07, 6.45) is 3.91. The zero-order valence-corrected chi connectivity index (χ0v) is 13.8. The van der Waals surface area contributed by atoms with Gasteiger partial charge in [-0.2, -0.15) is 0 Å². The van der Waals surface area contributed by atoms with Gasteiger partial charge in [0.2, 0.25) is 5.91 Å². The lowest BCUT2D eigenvalue weighted by Crippen LogP contribution is -2.33.